The molecule has 44 heavy (non-hydrogen) atoms. The van der Waals surface area contributed by atoms with Crippen LogP contribution in [-0.2, 0) is 39.4 Å². The van der Waals surface area contributed by atoms with E-state index in [9.17, 15) is 17.6 Å². The van der Waals surface area contributed by atoms with Crippen molar-refractivity contribution in [3.05, 3.63) is 81.7 Å². The molecule has 1 aliphatic heterocycles. The third-order valence-corrected chi connectivity index (χ3v) is 11.0. The number of halogens is 1. The van der Waals surface area contributed by atoms with Gasteiger partial charge >= 0.3 is 5.97 Å². The number of sulfonamides is 1. The highest BCUT2D eigenvalue weighted by atomic mass is 32.2. The standard InChI is InChI=1S/C33H37FN4O5S/c1-6-43-31(39)17-26(22-14-27-33(29(15-22)42-5)37(4)36-35-27)24-10-7-20(3)32-25(24)11-12-28(32)38-18-19(2)13-21-8-9-23(34)16-30(21)44(38,40)41/h7-10,14-16,19,26,28H,6,11-13,17-18H2,1-5H3/t19-,26?,28+/m0/s1. The smallest absolute Gasteiger partial charge is 0.306 e. The molecule has 232 valence electrons. The van der Waals surface area contributed by atoms with E-state index in [0.29, 0.717) is 42.6 Å². The predicted molar refractivity (Wildman–Crippen MR) is 164 cm³/mol. The van der Waals surface area contributed by atoms with Crippen LogP contribution in [0.15, 0.2) is 47.4 Å². The molecular formula is C33H37FN4O5S. The van der Waals surface area contributed by atoms with Gasteiger partial charge in [-0.3, -0.25) is 4.79 Å². The highest BCUT2D eigenvalue weighted by Crippen LogP contribution is 2.47. The van der Waals surface area contributed by atoms with E-state index in [-0.39, 0.29) is 29.8 Å². The lowest BCUT2D eigenvalue weighted by Crippen LogP contribution is -2.36. The van der Waals surface area contributed by atoms with Crippen molar-refractivity contribution < 1.29 is 27.1 Å². The summed E-state index contributed by atoms with van der Waals surface area (Å²) in [6.07, 6.45) is 1.87. The molecule has 3 aromatic carbocycles. The van der Waals surface area contributed by atoms with Gasteiger partial charge in [-0.25, -0.2) is 17.5 Å². The first kappa shape index (κ1) is 30.2. The number of nitrogens with zero attached hydrogens (tertiary/aromatic N) is 4. The Labute approximate surface area is 257 Å². The number of benzene rings is 3. The molecule has 2 aliphatic rings. The van der Waals surface area contributed by atoms with Crippen LogP contribution in [0.4, 0.5) is 4.39 Å². The molecular weight excluding hydrogens is 583 g/mol. The predicted octanol–water partition coefficient (Wildman–Crippen LogP) is 5.38. The lowest BCUT2D eigenvalue weighted by molar-refractivity contribution is -0.143. The van der Waals surface area contributed by atoms with E-state index in [2.05, 4.69) is 10.3 Å². The summed E-state index contributed by atoms with van der Waals surface area (Å²) in [5.41, 5.74) is 6.79. The Morgan fingerprint density at radius 3 is 2.73 bits per heavy atom. The number of aryl methyl sites for hydroxylation is 2. The van der Waals surface area contributed by atoms with E-state index in [1.54, 1.807) is 36.1 Å². The summed E-state index contributed by atoms with van der Waals surface area (Å²) in [6.45, 7) is 6.41. The molecule has 0 amide bonds. The number of hydrogen-bond donors (Lipinski definition) is 0. The number of hydrogen-bond acceptors (Lipinski definition) is 7. The first-order chi connectivity index (χ1) is 21.0. The van der Waals surface area contributed by atoms with Crippen LogP contribution in [0.25, 0.3) is 11.0 Å². The van der Waals surface area contributed by atoms with Crippen molar-refractivity contribution >= 4 is 27.0 Å². The number of ether oxygens (including phenoxy) is 2. The SMILES string of the molecule is CCOC(=O)CC(c1cc(OC)c2c(c1)nnn2C)c1ccc(C)c2c1CC[C@H]2N1C[C@@H](C)Cc2ccc(F)cc2S1(=O)=O. The topological polar surface area (TPSA) is 104 Å². The number of methoxy groups -OCH3 is 1. The van der Waals surface area contributed by atoms with Crippen LogP contribution in [-0.4, -0.2) is 53.9 Å². The Kier molecular flexibility index (Phi) is 7.96. The number of aromatic nitrogens is 3. The Balaban J connectivity index is 1.49. The number of carbonyl (C=O) groups excluding carboxylic acids is 1. The van der Waals surface area contributed by atoms with E-state index >= 15 is 0 Å². The lowest BCUT2D eigenvalue weighted by atomic mass is 9.83. The van der Waals surface area contributed by atoms with Crippen molar-refractivity contribution in [2.75, 3.05) is 20.3 Å². The molecule has 2 heterocycles. The second-order valence-electron chi connectivity index (χ2n) is 11.9. The van der Waals surface area contributed by atoms with E-state index in [1.807, 2.05) is 38.1 Å². The zero-order valence-corrected chi connectivity index (χ0v) is 26.4. The molecule has 1 aliphatic carbocycles. The average Bonchev–Trinajstić information content (AvgIpc) is 3.58. The van der Waals surface area contributed by atoms with E-state index in [0.717, 1.165) is 39.4 Å². The van der Waals surface area contributed by atoms with Crippen molar-refractivity contribution in [2.24, 2.45) is 13.0 Å². The molecule has 0 saturated carbocycles. The van der Waals surface area contributed by atoms with Crippen LogP contribution in [0.2, 0.25) is 0 Å². The van der Waals surface area contributed by atoms with Gasteiger partial charge in [-0.05, 0) is 96.7 Å². The fraction of sp³-hybridized carbons (Fsp3) is 0.424. The Hall–Kier alpha value is -3.83. The van der Waals surface area contributed by atoms with Crippen molar-refractivity contribution in [3.63, 3.8) is 0 Å². The third kappa shape index (κ3) is 5.15. The van der Waals surface area contributed by atoms with Gasteiger partial charge < -0.3 is 9.47 Å². The number of rotatable bonds is 7. The molecule has 0 bridgehead atoms. The molecule has 0 saturated heterocycles. The molecule has 6 rings (SSSR count). The maximum absolute atomic E-state index is 14.4. The largest absolute Gasteiger partial charge is 0.494 e. The molecule has 1 aromatic heterocycles. The summed E-state index contributed by atoms with van der Waals surface area (Å²) in [6, 6.07) is 11.6. The van der Waals surface area contributed by atoms with Gasteiger partial charge in [-0.1, -0.05) is 30.3 Å². The van der Waals surface area contributed by atoms with Crippen LogP contribution in [0.3, 0.4) is 0 Å². The summed E-state index contributed by atoms with van der Waals surface area (Å²) in [5, 5.41) is 8.47. The Morgan fingerprint density at radius 2 is 1.98 bits per heavy atom. The van der Waals surface area contributed by atoms with Crippen LogP contribution in [0.5, 0.6) is 5.75 Å². The lowest BCUT2D eigenvalue weighted by Gasteiger charge is -2.30. The normalized spacial score (nSPS) is 20.1. The van der Waals surface area contributed by atoms with Crippen LogP contribution in [0.1, 0.15) is 72.0 Å². The van der Waals surface area contributed by atoms with Gasteiger partial charge in [0.2, 0.25) is 10.0 Å². The molecule has 0 N–H and O–H groups in total. The van der Waals surface area contributed by atoms with Gasteiger partial charge in [0.15, 0.2) is 0 Å². The Morgan fingerprint density at radius 1 is 1.18 bits per heavy atom. The fourth-order valence-corrected chi connectivity index (χ4v) is 9.10. The second kappa shape index (κ2) is 11.6. The maximum Gasteiger partial charge on any atom is 0.306 e. The molecule has 0 spiro atoms. The molecule has 0 fully saturated rings. The van der Waals surface area contributed by atoms with Crippen molar-refractivity contribution in [1.29, 1.82) is 0 Å². The van der Waals surface area contributed by atoms with Gasteiger partial charge in [-0.15, -0.1) is 5.10 Å². The minimum atomic E-state index is -3.98. The van der Waals surface area contributed by atoms with Crippen molar-refractivity contribution in [2.45, 2.75) is 63.3 Å². The third-order valence-electron chi connectivity index (χ3n) is 9.00. The van der Waals surface area contributed by atoms with Crippen molar-refractivity contribution in [1.82, 2.24) is 19.3 Å². The first-order valence-corrected chi connectivity index (χ1v) is 16.4. The maximum atomic E-state index is 14.4. The summed E-state index contributed by atoms with van der Waals surface area (Å²) in [5.74, 6) is -0.647. The number of carbonyl (C=O) groups is 1. The monoisotopic (exact) mass is 620 g/mol. The summed E-state index contributed by atoms with van der Waals surface area (Å²) in [4.78, 5) is 13.1. The summed E-state index contributed by atoms with van der Waals surface area (Å²) < 4.78 is 57.0. The first-order valence-electron chi connectivity index (χ1n) is 15.0. The Bertz CT molecular complexity index is 1870. The molecule has 3 atom stereocenters. The fourth-order valence-electron chi connectivity index (χ4n) is 7.11. The van der Waals surface area contributed by atoms with E-state index < -0.39 is 27.8 Å². The van der Waals surface area contributed by atoms with Crippen LogP contribution >= 0.6 is 0 Å². The minimum absolute atomic E-state index is 0.0479. The van der Waals surface area contributed by atoms with Gasteiger partial charge in [0.1, 0.15) is 22.6 Å². The van der Waals surface area contributed by atoms with Crippen LogP contribution < -0.4 is 4.74 Å². The highest BCUT2D eigenvalue weighted by Gasteiger charge is 2.42. The number of fused-ring (bicyclic) bond motifs is 3. The number of esters is 1. The minimum Gasteiger partial charge on any atom is -0.494 e. The van der Waals surface area contributed by atoms with Gasteiger partial charge in [-0.2, -0.15) is 4.31 Å². The zero-order valence-electron chi connectivity index (χ0n) is 25.6. The molecule has 1 unspecified atom stereocenters. The zero-order chi connectivity index (χ0) is 31.3. The summed E-state index contributed by atoms with van der Waals surface area (Å²) >= 11 is 0. The van der Waals surface area contributed by atoms with Gasteiger partial charge in [0, 0.05) is 19.5 Å². The molecule has 0 radical (unpaired) electrons. The van der Waals surface area contributed by atoms with E-state index in [1.165, 1.54) is 6.07 Å². The summed E-state index contributed by atoms with van der Waals surface area (Å²) in [7, 11) is -0.588. The molecule has 4 aromatic rings. The highest BCUT2D eigenvalue weighted by molar-refractivity contribution is 7.89. The second-order valence-corrected chi connectivity index (χ2v) is 13.8. The van der Waals surface area contributed by atoms with E-state index in [4.69, 9.17) is 9.47 Å². The molecule has 11 heteroatoms. The van der Waals surface area contributed by atoms with Crippen LogP contribution in [0, 0.1) is 18.7 Å². The average molecular weight is 621 g/mol. The van der Waals surface area contributed by atoms with Gasteiger partial charge in [0.05, 0.1) is 31.1 Å². The molecule has 9 nitrogen and oxygen atoms in total. The van der Waals surface area contributed by atoms with Crippen molar-refractivity contribution in [3.8, 4) is 5.75 Å². The quantitative estimate of drug-likeness (QED) is 0.256. The van der Waals surface area contributed by atoms with Gasteiger partial charge in [0.25, 0.3) is 0 Å².